The van der Waals surface area contributed by atoms with Gasteiger partial charge >= 0.3 is 0 Å². The summed E-state index contributed by atoms with van der Waals surface area (Å²) in [4.78, 5) is 2.48. The molecule has 2 N–H and O–H groups in total. The van der Waals surface area contributed by atoms with Crippen LogP contribution in [0.2, 0.25) is 0 Å². The number of hydrogen-bond acceptors (Lipinski definition) is 3. The van der Waals surface area contributed by atoms with Crippen LogP contribution in [0.15, 0.2) is 6.07 Å². The Kier molecular flexibility index (Phi) is 6.21. The molecular weight excluding hydrogens is 248 g/mol. The van der Waals surface area contributed by atoms with Crippen molar-refractivity contribution < 1.29 is 0 Å². The predicted octanol–water partition coefficient (Wildman–Crippen LogP) is 2.59. The fourth-order valence-electron chi connectivity index (χ4n) is 3.15. The van der Waals surface area contributed by atoms with Crippen LogP contribution < -0.4 is 5.73 Å². The highest BCUT2D eigenvalue weighted by molar-refractivity contribution is 5.12. The summed E-state index contributed by atoms with van der Waals surface area (Å²) >= 11 is 0. The van der Waals surface area contributed by atoms with Crippen molar-refractivity contribution in [3.8, 4) is 0 Å². The smallest absolute Gasteiger partial charge is 0.0596 e. The van der Waals surface area contributed by atoms with E-state index in [9.17, 15) is 0 Å². The van der Waals surface area contributed by atoms with Crippen LogP contribution in [0, 0.1) is 6.92 Å². The first-order chi connectivity index (χ1) is 9.42. The third kappa shape index (κ3) is 3.41. The quantitative estimate of drug-likeness (QED) is 0.796. The molecule has 116 valence electrons. The van der Waals surface area contributed by atoms with Crippen LogP contribution >= 0.6 is 0 Å². The summed E-state index contributed by atoms with van der Waals surface area (Å²) in [5, 5.41) is 4.52. The van der Waals surface area contributed by atoms with Gasteiger partial charge in [-0.15, -0.1) is 0 Å². The van der Waals surface area contributed by atoms with E-state index in [0.717, 1.165) is 38.2 Å². The highest BCUT2D eigenvalue weighted by atomic mass is 15.3. The standard InChI is InChI=1S/C16H32N4/c1-7-16(6,19(8-2)9-3)15(17)12-14-11-13(5)18-20(14)10-4/h11,15H,7-10,12,17H2,1-6H3. The molecule has 1 heterocycles. The van der Waals surface area contributed by atoms with E-state index >= 15 is 0 Å². The second-order valence-corrected chi connectivity index (χ2v) is 5.79. The molecule has 0 aliphatic rings. The highest BCUT2D eigenvalue weighted by Crippen LogP contribution is 2.25. The van der Waals surface area contributed by atoms with Crippen LogP contribution in [0.5, 0.6) is 0 Å². The van der Waals surface area contributed by atoms with E-state index in [4.69, 9.17) is 5.73 Å². The highest BCUT2D eigenvalue weighted by Gasteiger charge is 2.35. The van der Waals surface area contributed by atoms with Gasteiger partial charge in [0.25, 0.3) is 0 Å². The Morgan fingerprint density at radius 3 is 2.35 bits per heavy atom. The van der Waals surface area contributed by atoms with Gasteiger partial charge in [0.2, 0.25) is 0 Å². The van der Waals surface area contributed by atoms with E-state index in [0.29, 0.717) is 0 Å². The first-order valence-electron chi connectivity index (χ1n) is 7.96. The summed E-state index contributed by atoms with van der Waals surface area (Å²) in [6.45, 7) is 16.1. The Balaban J connectivity index is 2.94. The Morgan fingerprint density at radius 1 is 1.30 bits per heavy atom. The first kappa shape index (κ1) is 17.2. The number of likely N-dealkylation sites (N-methyl/N-ethyl adjacent to an activating group) is 1. The third-order valence-corrected chi connectivity index (χ3v) is 4.71. The van der Waals surface area contributed by atoms with Crippen LogP contribution in [-0.4, -0.2) is 39.4 Å². The zero-order valence-electron chi connectivity index (χ0n) is 14.1. The molecule has 1 aromatic rings. The van der Waals surface area contributed by atoms with Crippen LogP contribution in [0.3, 0.4) is 0 Å². The Hall–Kier alpha value is -0.870. The molecule has 0 aliphatic heterocycles. The number of nitrogens with two attached hydrogens (primary N) is 1. The zero-order valence-corrected chi connectivity index (χ0v) is 14.1. The van der Waals surface area contributed by atoms with Crippen LogP contribution in [0.4, 0.5) is 0 Å². The Bertz CT molecular complexity index is 409. The molecular formula is C16H32N4. The van der Waals surface area contributed by atoms with E-state index in [1.807, 2.05) is 6.92 Å². The molecule has 0 bridgehead atoms. The lowest BCUT2D eigenvalue weighted by molar-refractivity contribution is 0.0838. The lowest BCUT2D eigenvalue weighted by Gasteiger charge is -2.44. The van der Waals surface area contributed by atoms with Gasteiger partial charge < -0.3 is 5.73 Å². The topological polar surface area (TPSA) is 47.1 Å². The Labute approximate surface area is 124 Å². The molecule has 0 aromatic carbocycles. The summed E-state index contributed by atoms with van der Waals surface area (Å²) in [6.07, 6.45) is 1.95. The molecule has 0 aliphatic carbocycles. The molecule has 4 heteroatoms. The van der Waals surface area contributed by atoms with Crippen molar-refractivity contribution in [2.75, 3.05) is 13.1 Å². The fourth-order valence-corrected chi connectivity index (χ4v) is 3.15. The molecule has 0 saturated carbocycles. The van der Waals surface area contributed by atoms with Crippen LogP contribution in [-0.2, 0) is 13.0 Å². The van der Waals surface area contributed by atoms with Gasteiger partial charge in [-0.2, -0.15) is 5.10 Å². The molecule has 0 radical (unpaired) electrons. The van der Waals surface area contributed by atoms with Gasteiger partial charge in [-0.25, -0.2) is 0 Å². The lowest BCUT2D eigenvalue weighted by atomic mass is 9.85. The second-order valence-electron chi connectivity index (χ2n) is 5.79. The SMILES string of the molecule is CCN(CC)C(C)(CC)C(N)Cc1cc(C)nn1CC. The van der Waals surface area contributed by atoms with Crippen LogP contribution in [0.1, 0.15) is 52.4 Å². The number of nitrogens with zero attached hydrogens (tertiary/aromatic N) is 3. The van der Waals surface area contributed by atoms with Crippen molar-refractivity contribution in [2.24, 2.45) is 5.73 Å². The van der Waals surface area contributed by atoms with Gasteiger partial charge in [-0.3, -0.25) is 9.58 Å². The molecule has 1 rings (SSSR count). The van der Waals surface area contributed by atoms with Gasteiger partial charge in [0.15, 0.2) is 0 Å². The summed E-state index contributed by atoms with van der Waals surface area (Å²) in [7, 11) is 0. The zero-order chi connectivity index (χ0) is 15.3. The van der Waals surface area contributed by atoms with Gasteiger partial charge in [-0.05, 0) is 46.3 Å². The van der Waals surface area contributed by atoms with E-state index in [2.05, 4.69) is 55.4 Å². The summed E-state index contributed by atoms with van der Waals surface area (Å²) < 4.78 is 2.08. The number of aromatic nitrogens is 2. The van der Waals surface area contributed by atoms with E-state index < -0.39 is 0 Å². The number of hydrogen-bond donors (Lipinski definition) is 1. The minimum absolute atomic E-state index is 0.0419. The molecule has 2 unspecified atom stereocenters. The van der Waals surface area contributed by atoms with Crippen LogP contribution in [0.25, 0.3) is 0 Å². The van der Waals surface area contributed by atoms with Crippen molar-refractivity contribution >= 4 is 0 Å². The molecule has 2 atom stereocenters. The predicted molar refractivity (Wildman–Crippen MR) is 85.9 cm³/mol. The van der Waals surface area contributed by atoms with Crippen molar-refractivity contribution in [3.05, 3.63) is 17.5 Å². The lowest BCUT2D eigenvalue weighted by Crippen LogP contribution is -2.58. The minimum Gasteiger partial charge on any atom is -0.326 e. The van der Waals surface area contributed by atoms with Crippen molar-refractivity contribution in [2.45, 2.75) is 72.5 Å². The van der Waals surface area contributed by atoms with Gasteiger partial charge in [-0.1, -0.05) is 20.8 Å². The van der Waals surface area contributed by atoms with Gasteiger partial charge in [0.05, 0.1) is 5.69 Å². The van der Waals surface area contributed by atoms with Crippen molar-refractivity contribution in [3.63, 3.8) is 0 Å². The van der Waals surface area contributed by atoms with Crippen molar-refractivity contribution in [1.29, 1.82) is 0 Å². The molecule has 0 amide bonds. The molecule has 0 saturated heterocycles. The summed E-state index contributed by atoms with van der Waals surface area (Å²) in [5.74, 6) is 0. The third-order valence-electron chi connectivity index (χ3n) is 4.71. The van der Waals surface area contributed by atoms with E-state index in [-0.39, 0.29) is 11.6 Å². The largest absolute Gasteiger partial charge is 0.326 e. The maximum absolute atomic E-state index is 6.60. The molecule has 0 spiro atoms. The van der Waals surface area contributed by atoms with Gasteiger partial charge in [0, 0.05) is 30.2 Å². The van der Waals surface area contributed by atoms with E-state index in [1.165, 1.54) is 5.69 Å². The molecule has 0 fully saturated rings. The molecule has 1 aromatic heterocycles. The molecule has 4 nitrogen and oxygen atoms in total. The monoisotopic (exact) mass is 280 g/mol. The Morgan fingerprint density at radius 2 is 1.90 bits per heavy atom. The number of rotatable bonds is 8. The minimum atomic E-state index is 0.0419. The molecule has 20 heavy (non-hydrogen) atoms. The van der Waals surface area contributed by atoms with Gasteiger partial charge in [0.1, 0.15) is 0 Å². The maximum atomic E-state index is 6.60. The van der Waals surface area contributed by atoms with E-state index in [1.54, 1.807) is 0 Å². The second kappa shape index (κ2) is 7.23. The number of aryl methyl sites for hydroxylation is 2. The van der Waals surface area contributed by atoms with Crippen molar-refractivity contribution in [1.82, 2.24) is 14.7 Å². The maximum Gasteiger partial charge on any atom is 0.0596 e. The fraction of sp³-hybridized carbons (Fsp3) is 0.812. The first-order valence-corrected chi connectivity index (χ1v) is 7.96. The summed E-state index contributed by atoms with van der Waals surface area (Å²) in [6, 6.07) is 2.29. The average Bonchev–Trinajstić information content (AvgIpc) is 2.79. The normalized spacial score (nSPS) is 16.4. The average molecular weight is 280 g/mol. The summed E-state index contributed by atoms with van der Waals surface area (Å²) in [5.41, 5.74) is 8.97.